The highest BCUT2D eigenvalue weighted by atomic mass is 16.6. The molecule has 13 heteroatoms. The zero-order chi connectivity index (χ0) is 31.0. The lowest BCUT2D eigenvalue weighted by Crippen LogP contribution is -2.60. The van der Waals surface area contributed by atoms with Crippen molar-refractivity contribution in [3.05, 3.63) is 0 Å². The van der Waals surface area contributed by atoms with Crippen LogP contribution in [0.5, 0.6) is 0 Å². The molecule has 2 aliphatic carbocycles. The van der Waals surface area contributed by atoms with Gasteiger partial charge in [-0.05, 0) is 77.6 Å². The molecule has 13 nitrogen and oxygen atoms in total. The average molecular weight is 596 g/mol. The number of primary amides is 1. The maximum Gasteiger partial charge on any atom is 0.408 e. The van der Waals surface area contributed by atoms with E-state index in [0.29, 0.717) is 25.7 Å². The second-order valence-corrected chi connectivity index (χ2v) is 13.0. The fraction of sp³-hybridized carbons (Fsp3) is 0.828. The molecule has 2 bridgehead atoms. The number of aliphatic hydroxyl groups is 1. The van der Waals surface area contributed by atoms with Crippen LogP contribution in [0, 0.1) is 11.8 Å². The first-order valence-corrected chi connectivity index (χ1v) is 15.3. The minimum absolute atomic E-state index is 0.0815. The van der Waals surface area contributed by atoms with Crippen LogP contribution in [0.15, 0.2) is 0 Å². The van der Waals surface area contributed by atoms with Crippen LogP contribution in [-0.2, 0) is 19.1 Å². The molecule has 5 amide bonds. The lowest BCUT2D eigenvalue weighted by atomic mass is 9.84. The molecule has 6 atom stereocenters. The Kier molecular flexibility index (Phi) is 11.8. The molecule has 0 aromatic carbocycles. The first-order chi connectivity index (χ1) is 19.8. The number of likely N-dealkylation sites (tertiary alicyclic amines) is 1. The predicted octanol–water partition coefficient (Wildman–Crippen LogP) is 2.00. The van der Waals surface area contributed by atoms with Crippen LogP contribution in [0.2, 0.25) is 0 Å². The summed E-state index contributed by atoms with van der Waals surface area (Å²) in [6.45, 7) is 5.45. The minimum Gasteiger partial charge on any atom is -0.465 e. The van der Waals surface area contributed by atoms with Gasteiger partial charge in [-0.1, -0.05) is 32.1 Å². The number of piperidine rings is 1. The number of nitrogens with one attached hydrogen (secondary N) is 3. The summed E-state index contributed by atoms with van der Waals surface area (Å²) < 4.78 is 5.47. The van der Waals surface area contributed by atoms with E-state index in [2.05, 4.69) is 16.0 Å². The highest BCUT2D eigenvalue weighted by Crippen LogP contribution is 2.43. The van der Waals surface area contributed by atoms with Gasteiger partial charge in [0.1, 0.15) is 17.7 Å². The van der Waals surface area contributed by atoms with Gasteiger partial charge in [0, 0.05) is 12.6 Å². The Morgan fingerprint density at radius 3 is 2.31 bits per heavy atom. The molecule has 3 rings (SSSR count). The number of unbranched alkanes of at least 4 members (excludes halogenated alkanes) is 1. The van der Waals surface area contributed by atoms with Crippen molar-refractivity contribution in [1.82, 2.24) is 20.9 Å². The van der Waals surface area contributed by atoms with Crippen LogP contribution in [-0.4, -0.2) is 87.4 Å². The van der Waals surface area contributed by atoms with E-state index in [0.717, 1.165) is 44.9 Å². The number of nitrogens with two attached hydrogens (primary N) is 1. The number of carbonyl (C=O) groups excluding carboxylic acids is 4. The van der Waals surface area contributed by atoms with Crippen molar-refractivity contribution in [2.75, 3.05) is 6.54 Å². The number of aliphatic hydroxyl groups excluding tert-OH is 1. The number of carbonyl (C=O) groups is 5. The van der Waals surface area contributed by atoms with Crippen molar-refractivity contribution < 1.29 is 38.9 Å². The van der Waals surface area contributed by atoms with Gasteiger partial charge >= 0.3 is 12.2 Å². The standard InChI is InChI=1S/C29H49N5O8/c1-29(2,3)42-28(41)33-21(15-17-9-5-4-6-10-17)26(38)34-19-13-12-18(16-19)22(34)25(37)32-20(23(35)24(30)36)11-7-8-14-31-27(39)40/h17-23,31,35H,4-16H2,1-3H3,(H2,30,36)(H,32,37)(H,33,41)(H,39,40)/t18?,19?,20?,21-,22+,23?/m1/s1. The molecule has 3 fully saturated rings. The summed E-state index contributed by atoms with van der Waals surface area (Å²) in [5, 5.41) is 27.0. The molecule has 1 aliphatic heterocycles. The van der Waals surface area contributed by atoms with Gasteiger partial charge in [0.2, 0.25) is 17.7 Å². The number of ether oxygens (including phenoxy) is 1. The number of alkyl carbamates (subject to hydrolysis) is 1. The average Bonchev–Trinajstić information content (AvgIpc) is 3.52. The van der Waals surface area contributed by atoms with E-state index >= 15 is 0 Å². The summed E-state index contributed by atoms with van der Waals surface area (Å²) in [4.78, 5) is 64.8. The maximum atomic E-state index is 14.1. The molecule has 1 saturated heterocycles. The number of fused-ring (bicyclic) bond motifs is 2. The van der Waals surface area contributed by atoms with Crippen LogP contribution >= 0.6 is 0 Å². The molecule has 0 aromatic heterocycles. The molecule has 1 heterocycles. The first kappa shape index (κ1) is 33.4. The van der Waals surface area contributed by atoms with Gasteiger partial charge < -0.3 is 41.5 Å². The Morgan fingerprint density at radius 2 is 1.69 bits per heavy atom. The van der Waals surface area contributed by atoms with Gasteiger partial charge in [-0.15, -0.1) is 0 Å². The first-order valence-electron chi connectivity index (χ1n) is 15.3. The lowest BCUT2D eigenvalue weighted by Gasteiger charge is -2.38. The second-order valence-electron chi connectivity index (χ2n) is 13.0. The topological polar surface area (TPSA) is 200 Å². The molecule has 0 radical (unpaired) electrons. The number of hydrogen-bond acceptors (Lipinski definition) is 7. The molecule has 4 unspecified atom stereocenters. The fourth-order valence-electron chi connectivity index (χ4n) is 6.71. The van der Waals surface area contributed by atoms with Crippen LogP contribution in [0.4, 0.5) is 9.59 Å². The van der Waals surface area contributed by atoms with Crippen molar-refractivity contribution in [3.63, 3.8) is 0 Å². The molecular formula is C29H49N5O8. The Labute approximate surface area is 247 Å². The molecule has 0 aromatic rings. The summed E-state index contributed by atoms with van der Waals surface area (Å²) >= 11 is 0. The van der Waals surface area contributed by atoms with E-state index in [4.69, 9.17) is 15.6 Å². The van der Waals surface area contributed by atoms with E-state index in [-0.39, 0.29) is 36.8 Å². The normalized spacial score (nSPS) is 24.4. The molecule has 0 spiro atoms. The third-order valence-corrected chi connectivity index (χ3v) is 8.61. The number of carboxylic acid groups (broad SMARTS) is 1. The Balaban J connectivity index is 1.75. The molecule has 3 aliphatic rings. The van der Waals surface area contributed by atoms with Gasteiger partial charge in [0.15, 0.2) is 6.10 Å². The Hall–Kier alpha value is -3.09. The van der Waals surface area contributed by atoms with Crippen LogP contribution in [0.3, 0.4) is 0 Å². The van der Waals surface area contributed by atoms with Gasteiger partial charge in [-0.2, -0.15) is 0 Å². The van der Waals surface area contributed by atoms with E-state index in [9.17, 15) is 29.1 Å². The van der Waals surface area contributed by atoms with Gasteiger partial charge in [0.05, 0.1) is 6.04 Å². The van der Waals surface area contributed by atoms with Gasteiger partial charge in [0.25, 0.3) is 0 Å². The van der Waals surface area contributed by atoms with Crippen LogP contribution < -0.4 is 21.7 Å². The van der Waals surface area contributed by atoms with Gasteiger partial charge in [-0.3, -0.25) is 14.4 Å². The summed E-state index contributed by atoms with van der Waals surface area (Å²) in [5.41, 5.74) is 4.61. The number of nitrogens with zero attached hydrogens (tertiary/aromatic N) is 1. The monoisotopic (exact) mass is 595 g/mol. The fourth-order valence-corrected chi connectivity index (χ4v) is 6.71. The van der Waals surface area contributed by atoms with Gasteiger partial charge in [-0.25, -0.2) is 9.59 Å². The van der Waals surface area contributed by atoms with Crippen molar-refractivity contribution in [2.45, 2.75) is 134 Å². The third-order valence-electron chi connectivity index (χ3n) is 8.61. The minimum atomic E-state index is -1.64. The van der Waals surface area contributed by atoms with E-state index in [1.54, 1.807) is 25.7 Å². The van der Waals surface area contributed by atoms with Crippen molar-refractivity contribution in [1.29, 1.82) is 0 Å². The molecule has 2 saturated carbocycles. The van der Waals surface area contributed by atoms with E-state index in [1.165, 1.54) is 0 Å². The summed E-state index contributed by atoms with van der Waals surface area (Å²) in [6.07, 6.45) is 5.48. The predicted molar refractivity (Wildman–Crippen MR) is 153 cm³/mol. The number of hydrogen-bond donors (Lipinski definition) is 6. The Bertz CT molecular complexity index is 980. The lowest BCUT2D eigenvalue weighted by molar-refractivity contribution is -0.145. The maximum absolute atomic E-state index is 14.1. The number of rotatable bonds is 13. The smallest absolute Gasteiger partial charge is 0.408 e. The van der Waals surface area contributed by atoms with Crippen molar-refractivity contribution in [2.24, 2.45) is 17.6 Å². The largest absolute Gasteiger partial charge is 0.465 e. The molecular weight excluding hydrogens is 546 g/mol. The van der Waals surface area contributed by atoms with Crippen molar-refractivity contribution in [3.8, 4) is 0 Å². The number of amides is 5. The molecule has 7 N–H and O–H groups in total. The summed E-state index contributed by atoms with van der Waals surface area (Å²) in [5.74, 6) is -1.58. The highest BCUT2D eigenvalue weighted by molar-refractivity contribution is 5.93. The SMILES string of the molecule is CC(C)(C)OC(=O)N[C@H](CC1CCCCC1)C(=O)N1C2CCC(C2)[C@H]1C(=O)NC(CCCCNC(=O)O)C(O)C(N)=O. The zero-order valence-corrected chi connectivity index (χ0v) is 25.1. The van der Waals surface area contributed by atoms with Crippen LogP contribution in [0.1, 0.15) is 97.8 Å². The van der Waals surface area contributed by atoms with E-state index < -0.39 is 53.8 Å². The molecule has 238 valence electrons. The molecule has 42 heavy (non-hydrogen) atoms. The second kappa shape index (κ2) is 14.9. The summed E-state index contributed by atoms with van der Waals surface area (Å²) in [7, 11) is 0. The highest BCUT2D eigenvalue weighted by Gasteiger charge is 2.53. The summed E-state index contributed by atoms with van der Waals surface area (Å²) in [6, 6.07) is -2.78. The van der Waals surface area contributed by atoms with E-state index in [1.807, 2.05) is 0 Å². The zero-order valence-electron chi connectivity index (χ0n) is 25.1. The van der Waals surface area contributed by atoms with Crippen LogP contribution in [0.25, 0.3) is 0 Å². The van der Waals surface area contributed by atoms with Crippen molar-refractivity contribution >= 4 is 29.9 Å². The Morgan fingerprint density at radius 1 is 1.00 bits per heavy atom. The quantitative estimate of drug-likeness (QED) is 0.174. The third kappa shape index (κ3) is 9.47.